The zero-order valence-corrected chi connectivity index (χ0v) is 12.3. The number of amides is 1. The number of hydrogen-bond donors (Lipinski definition) is 2. The van der Waals surface area contributed by atoms with Crippen LogP contribution in [0.25, 0.3) is 0 Å². The zero-order valence-electron chi connectivity index (χ0n) is 12.3. The van der Waals surface area contributed by atoms with Gasteiger partial charge in [-0.2, -0.15) is 0 Å². The van der Waals surface area contributed by atoms with Crippen LogP contribution in [0.3, 0.4) is 0 Å². The van der Waals surface area contributed by atoms with E-state index in [1.54, 1.807) is 6.20 Å². The van der Waals surface area contributed by atoms with Crippen molar-refractivity contribution in [3.63, 3.8) is 0 Å². The van der Waals surface area contributed by atoms with Crippen LogP contribution in [0.2, 0.25) is 0 Å². The van der Waals surface area contributed by atoms with Crippen molar-refractivity contribution >= 4 is 17.4 Å². The molecule has 110 valence electrons. The third-order valence-electron chi connectivity index (χ3n) is 3.73. The molecule has 0 spiro atoms. The first kappa shape index (κ1) is 14.8. The van der Waals surface area contributed by atoms with Crippen molar-refractivity contribution in [1.29, 1.82) is 0 Å². The van der Waals surface area contributed by atoms with Crippen molar-refractivity contribution in [2.24, 2.45) is 0 Å². The van der Waals surface area contributed by atoms with Crippen LogP contribution in [-0.2, 0) is 4.79 Å². The van der Waals surface area contributed by atoms with Crippen molar-refractivity contribution in [3.05, 3.63) is 18.3 Å². The summed E-state index contributed by atoms with van der Waals surface area (Å²) in [6, 6.07) is 4.41. The summed E-state index contributed by atoms with van der Waals surface area (Å²) in [6.45, 7) is 2.00. The van der Waals surface area contributed by atoms with Gasteiger partial charge in [-0.05, 0) is 31.4 Å². The van der Waals surface area contributed by atoms with Gasteiger partial charge < -0.3 is 10.6 Å². The number of rotatable bonds is 5. The molecule has 0 aromatic carbocycles. The Hall–Kier alpha value is -1.58. The van der Waals surface area contributed by atoms with E-state index < -0.39 is 0 Å². The van der Waals surface area contributed by atoms with Gasteiger partial charge in [-0.25, -0.2) is 4.98 Å². The Morgan fingerprint density at radius 2 is 2.00 bits per heavy atom. The van der Waals surface area contributed by atoms with Gasteiger partial charge in [0.2, 0.25) is 5.91 Å². The fourth-order valence-corrected chi connectivity index (χ4v) is 2.64. The number of nitrogens with zero attached hydrogens (tertiary/aromatic N) is 1. The molecule has 2 N–H and O–H groups in total. The average molecular weight is 275 g/mol. The van der Waals surface area contributed by atoms with Gasteiger partial charge in [0.1, 0.15) is 5.82 Å². The Kier molecular flexibility index (Phi) is 5.84. The molecule has 0 radical (unpaired) electrons. The number of pyridine rings is 1. The average Bonchev–Trinajstić information content (AvgIpc) is 2.70. The molecule has 2 rings (SSSR count). The molecule has 1 aromatic rings. The molecule has 0 atom stereocenters. The first-order valence-corrected chi connectivity index (χ1v) is 7.80. The summed E-state index contributed by atoms with van der Waals surface area (Å²) < 4.78 is 0. The molecule has 0 unspecified atom stereocenters. The number of nitrogens with one attached hydrogen (secondary N) is 2. The van der Waals surface area contributed by atoms with Gasteiger partial charge in [0, 0.05) is 12.5 Å². The quantitative estimate of drug-likeness (QED) is 0.800. The summed E-state index contributed by atoms with van der Waals surface area (Å²) in [5.41, 5.74) is 0.773. The van der Waals surface area contributed by atoms with E-state index in [0.29, 0.717) is 12.5 Å². The molecule has 1 amide bonds. The van der Waals surface area contributed by atoms with Gasteiger partial charge in [-0.1, -0.05) is 32.6 Å². The maximum absolute atomic E-state index is 11.5. The molecule has 1 heterocycles. The van der Waals surface area contributed by atoms with E-state index in [0.717, 1.165) is 17.9 Å². The third kappa shape index (κ3) is 4.83. The van der Waals surface area contributed by atoms with Crippen LogP contribution in [0.15, 0.2) is 18.3 Å². The van der Waals surface area contributed by atoms with Crippen molar-refractivity contribution in [3.8, 4) is 0 Å². The standard InChI is InChI=1S/C16H25N3O/c1-2-7-16(20)19-14-10-11-15(17-12-14)18-13-8-5-3-4-6-9-13/h10-13H,2-9H2,1H3,(H,17,18)(H,19,20). The van der Waals surface area contributed by atoms with Crippen molar-refractivity contribution in [1.82, 2.24) is 4.98 Å². The Morgan fingerprint density at radius 1 is 1.25 bits per heavy atom. The summed E-state index contributed by atoms with van der Waals surface area (Å²) in [5, 5.41) is 6.36. The predicted molar refractivity (Wildman–Crippen MR) is 82.9 cm³/mol. The molecule has 1 fully saturated rings. The van der Waals surface area contributed by atoms with Crippen LogP contribution in [0, 0.1) is 0 Å². The summed E-state index contributed by atoms with van der Waals surface area (Å²) in [7, 11) is 0. The minimum atomic E-state index is 0.0544. The first-order chi connectivity index (χ1) is 9.78. The smallest absolute Gasteiger partial charge is 0.224 e. The van der Waals surface area contributed by atoms with Crippen LogP contribution >= 0.6 is 0 Å². The molecule has 1 saturated carbocycles. The van der Waals surface area contributed by atoms with E-state index >= 15 is 0 Å². The predicted octanol–water partition coefficient (Wildman–Crippen LogP) is 3.95. The highest BCUT2D eigenvalue weighted by atomic mass is 16.1. The molecular weight excluding hydrogens is 250 g/mol. The molecule has 0 bridgehead atoms. The van der Waals surface area contributed by atoms with Crippen molar-refractivity contribution in [2.45, 2.75) is 64.3 Å². The lowest BCUT2D eigenvalue weighted by Gasteiger charge is -2.17. The number of anilines is 2. The fraction of sp³-hybridized carbons (Fsp3) is 0.625. The van der Waals surface area contributed by atoms with Gasteiger partial charge in [0.25, 0.3) is 0 Å². The van der Waals surface area contributed by atoms with Crippen molar-refractivity contribution in [2.75, 3.05) is 10.6 Å². The van der Waals surface area contributed by atoms with Gasteiger partial charge in [-0.15, -0.1) is 0 Å². The van der Waals surface area contributed by atoms with E-state index in [1.807, 2.05) is 19.1 Å². The molecule has 4 heteroatoms. The molecule has 0 saturated heterocycles. The Labute approximate surface area is 121 Å². The van der Waals surface area contributed by atoms with E-state index in [1.165, 1.54) is 38.5 Å². The lowest BCUT2D eigenvalue weighted by atomic mass is 10.1. The molecule has 1 aliphatic carbocycles. The molecule has 0 aliphatic heterocycles. The number of hydrogen-bond acceptors (Lipinski definition) is 3. The highest BCUT2D eigenvalue weighted by molar-refractivity contribution is 5.90. The van der Waals surface area contributed by atoms with Crippen LogP contribution in [-0.4, -0.2) is 16.9 Å². The second-order valence-electron chi connectivity index (χ2n) is 5.56. The Bertz CT molecular complexity index is 408. The number of aromatic nitrogens is 1. The van der Waals surface area contributed by atoms with E-state index in [9.17, 15) is 4.79 Å². The summed E-state index contributed by atoms with van der Waals surface area (Å²) in [4.78, 5) is 15.9. The van der Waals surface area contributed by atoms with Crippen LogP contribution in [0.1, 0.15) is 58.3 Å². The first-order valence-electron chi connectivity index (χ1n) is 7.80. The van der Waals surface area contributed by atoms with Gasteiger partial charge >= 0.3 is 0 Å². The number of carbonyl (C=O) groups is 1. The minimum absolute atomic E-state index is 0.0544. The third-order valence-corrected chi connectivity index (χ3v) is 3.73. The van der Waals surface area contributed by atoms with E-state index in [-0.39, 0.29) is 5.91 Å². The second-order valence-corrected chi connectivity index (χ2v) is 5.56. The number of carbonyl (C=O) groups excluding carboxylic acids is 1. The largest absolute Gasteiger partial charge is 0.367 e. The zero-order chi connectivity index (χ0) is 14.2. The lowest BCUT2D eigenvalue weighted by molar-refractivity contribution is -0.116. The maximum Gasteiger partial charge on any atom is 0.224 e. The lowest BCUT2D eigenvalue weighted by Crippen LogP contribution is -2.19. The molecule has 4 nitrogen and oxygen atoms in total. The van der Waals surface area contributed by atoms with E-state index in [4.69, 9.17) is 0 Å². The molecule has 1 aliphatic rings. The molecule has 1 aromatic heterocycles. The van der Waals surface area contributed by atoms with Crippen molar-refractivity contribution < 1.29 is 4.79 Å². The topological polar surface area (TPSA) is 54.0 Å². The Balaban J connectivity index is 1.85. The highest BCUT2D eigenvalue weighted by Crippen LogP contribution is 2.20. The van der Waals surface area contributed by atoms with Crippen LogP contribution in [0.5, 0.6) is 0 Å². The summed E-state index contributed by atoms with van der Waals surface area (Å²) in [6.07, 6.45) is 10.9. The molecule has 20 heavy (non-hydrogen) atoms. The van der Waals surface area contributed by atoms with Gasteiger partial charge in [0.05, 0.1) is 11.9 Å². The molecular formula is C16H25N3O. The summed E-state index contributed by atoms with van der Waals surface area (Å²) >= 11 is 0. The SMILES string of the molecule is CCCC(=O)Nc1ccc(NC2CCCCCC2)nc1. The second kappa shape index (κ2) is 7.88. The van der Waals surface area contributed by atoms with Gasteiger partial charge in [0.15, 0.2) is 0 Å². The minimum Gasteiger partial charge on any atom is -0.367 e. The fourth-order valence-electron chi connectivity index (χ4n) is 2.64. The monoisotopic (exact) mass is 275 g/mol. The van der Waals surface area contributed by atoms with Crippen LogP contribution in [0.4, 0.5) is 11.5 Å². The summed E-state index contributed by atoms with van der Waals surface area (Å²) in [5.74, 6) is 0.962. The normalized spacial score (nSPS) is 16.4. The highest BCUT2D eigenvalue weighted by Gasteiger charge is 2.12. The van der Waals surface area contributed by atoms with Gasteiger partial charge in [-0.3, -0.25) is 4.79 Å². The van der Waals surface area contributed by atoms with Crippen LogP contribution < -0.4 is 10.6 Å². The van der Waals surface area contributed by atoms with E-state index in [2.05, 4.69) is 15.6 Å². The maximum atomic E-state index is 11.5. The Morgan fingerprint density at radius 3 is 2.60 bits per heavy atom.